The van der Waals surface area contributed by atoms with Crippen molar-refractivity contribution in [1.29, 1.82) is 0 Å². The second kappa shape index (κ2) is 27.3. The van der Waals surface area contributed by atoms with E-state index in [2.05, 4.69) is 33.1 Å². The van der Waals surface area contributed by atoms with Gasteiger partial charge in [0.05, 0.1) is 31.7 Å². The van der Waals surface area contributed by atoms with Gasteiger partial charge in [0, 0.05) is 33.9 Å². The lowest BCUT2D eigenvalue weighted by molar-refractivity contribution is 0.142. The minimum Gasteiger partial charge on any atom is -0.505 e. The van der Waals surface area contributed by atoms with Gasteiger partial charge in [-0.2, -0.15) is 0 Å². The number of methoxy groups -OCH3 is 2. The van der Waals surface area contributed by atoms with Crippen LogP contribution in [0.15, 0.2) is 66.3 Å². The third kappa shape index (κ3) is 16.6. The number of aliphatic hydroxyl groups is 1. The number of alkyl halides is 2. The Morgan fingerprint density at radius 2 is 1.76 bits per heavy atom. The molecular formula is C38H60F3N3O5. The molecule has 8 nitrogen and oxygen atoms in total. The molecule has 1 aromatic rings. The molecule has 4 rings (SSSR count). The first-order valence-corrected chi connectivity index (χ1v) is 17.1. The number of carbonyl (C=O) groups excluding carboxylic acids is 1. The van der Waals surface area contributed by atoms with E-state index in [9.17, 15) is 18.0 Å². The maximum Gasteiger partial charge on any atom is 0.411 e. The Morgan fingerprint density at radius 3 is 2.18 bits per heavy atom. The van der Waals surface area contributed by atoms with Crippen LogP contribution in [0, 0.1) is 5.92 Å². The molecule has 2 aliphatic heterocycles. The van der Waals surface area contributed by atoms with Crippen molar-refractivity contribution in [2.45, 2.75) is 85.4 Å². The van der Waals surface area contributed by atoms with E-state index in [1.165, 1.54) is 18.9 Å². The minimum atomic E-state index is -1.02. The van der Waals surface area contributed by atoms with E-state index >= 15 is 0 Å². The van der Waals surface area contributed by atoms with Gasteiger partial charge in [-0.15, -0.1) is 0 Å². The Bertz CT molecular complexity index is 1190. The van der Waals surface area contributed by atoms with Gasteiger partial charge in [-0.25, -0.2) is 22.9 Å². The van der Waals surface area contributed by atoms with Crippen LogP contribution in [0.2, 0.25) is 0 Å². The third-order valence-corrected chi connectivity index (χ3v) is 7.52. The van der Waals surface area contributed by atoms with Gasteiger partial charge in [0.15, 0.2) is 0 Å². The number of pyridine rings is 1. The first kappa shape index (κ1) is 45.4. The number of halogens is 3. The van der Waals surface area contributed by atoms with Crippen molar-refractivity contribution < 1.29 is 37.3 Å². The Kier molecular flexibility index (Phi) is 25.3. The summed E-state index contributed by atoms with van der Waals surface area (Å²) in [6.45, 7) is 13.9. The summed E-state index contributed by atoms with van der Waals surface area (Å²) in [6, 6.07) is 3.59. The fourth-order valence-electron chi connectivity index (χ4n) is 4.73. The van der Waals surface area contributed by atoms with Crippen LogP contribution in [0.3, 0.4) is 0 Å². The van der Waals surface area contributed by atoms with Gasteiger partial charge >= 0.3 is 6.09 Å². The fourth-order valence-corrected chi connectivity index (χ4v) is 4.73. The van der Waals surface area contributed by atoms with Crippen LogP contribution >= 0.6 is 0 Å². The molecule has 2 atom stereocenters. The molecule has 3 aliphatic rings. The number of ether oxygens (including phenoxy) is 3. The minimum absolute atomic E-state index is 0.154. The molecule has 1 aliphatic carbocycles. The van der Waals surface area contributed by atoms with Crippen molar-refractivity contribution in [3.63, 3.8) is 0 Å². The second-order valence-electron chi connectivity index (χ2n) is 11.0. The molecule has 49 heavy (non-hydrogen) atoms. The van der Waals surface area contributed by atoms with Crippen molar-refractivity contribution in [2.24, 2.45) is 5.92 Å². The number of cyclic esters (lactones) is 1. The molecule has 3 fully saturated rings. The van der Waals surface area contributed by atoms with Crippen molar-refractivity contribution >= 4 is 18.0 Å². The summed E-state index contributed by atoms with van der Waals surface area (Å²) in [5.74, 6) is 0.856. The van der Waals surface area contributed by atoms with Crippen molar-refractivity contribution in [2.75, 3.05) is 59.3 Å². The maximum absolute atomic E-state index is 13.8. The predicted octanol–water partition coefficient (Wildman–Crippen LogP) is 8.93. The first-order valence-electron chi connectivity index (χ1n) is 17.1. The van der Waals surface area contributed by atoms with Crippen molar-refractivity contribution in [1.82, 2.24) is 9.88 Å². The summed E-state index contributed by atoms with van der Waals surface area (Å²) in [5.41, 5.74) is 1.73. The van der Waals surface area contributed by atoms with Crippen LogP contribution in [0.1, 0.15) is 78.0 Å². The van der Waals surface area contributed by atoms with Gasteiger partial charge in [0.25, 0.3) is 0 Å². The monoisotopic (exact) mass is 695 g/mol. The maximum atomic E-state index is 13.8. The molecular weight excluding hydrogens is 635 g/mol. The van der Waals surface area contributed by atoms with Crippen molar-refractivity contribution in [3.8, 4) is 0 Å². The first-order chi connectivity index (χ1) is 23.8. The van der Waals surface area contributed by atoms with E-state index < -0.39 is 37.4 Å². The topological polar surface area (TPSA) is 84.4 Å². The van der Waals surface area contributed by atoms with Crippen molar-refractivity contribution in [3.05, 3.63) is 77.5 Å². The summed E-state index contributed by atoms with van der Waals surface area (Å²) in [7, 11) is 4.31. The summed E-state index contributed by atoms with van der Waals surface area (Å²) in [5, 5.41) is 7.00. The van der Waals surface area contributed by atoms with Gasteiger partial charge in [-0.3, -0.25) is 4.90 Å². The molecule has 278 valence electrons. The van der Waals surface area contributed by atoms with Crippen LogP contribution < -0.4 is 4.90 Å². The molecule has 0 bridgehead atoms. The molecule has 1 aromatic heterocycles. The fraction of sp³-hybridized carbons (Fsp3) is 0.579. The van der Waals surface area contributed by atoms with E-state index in [-0.39, 0.29) is 17.7 Å². The third-order valence-electron chi connectivity index (χ3n) is 7.52. The second-order valence-corrected chi connectivity index (χ2v) is 11.0. The largest absolute Gasteiger partial charge is 0.505 e. The molecule has 2 saturated heterocycles. The molecule has 0 aromatic carbocycles. The van der Waals surface area contributed by atoms with Gasteiger partial charge < -0.3 is 24.2 Å². The van der Waals surface area contributed by atoms with Gasteiger partial charge in [-0.05, 0) is 86.8 Å². The zero-order chi connectivity index (χ0) is 37.2. The zero-order valence-electron chi connectivity index (χ0n) is 30.9. The number of rotatable bonds is 14. The molecule has 3 heterocycles. The molecule has 0 spiro atoms. The lowest BCUT2D eigenvalue weighted by Crippen LogP contribution is -2.39. The number of allylic oxidation sites excluding steroid dienone is 5. The molecule has 1 amide bonds. The molecule has 11 heteroatoms. The Labute approximate surface area is 293 Å². The Hall–Kier alpha value is -3.57. The zero-order valence-corrected chi connectivity index (χ0v) is 30.9. The molecule has 2 unspecified atom stereocenters. The normalized spacial score (nSPS) is 18.0. The number of aliphatic hydroxyl groups excluding tert-OH is 1. The number of hydrogen-bond donors (Lipinski definition) is 1. The average Bonchev–Trinajstić information content (AvgIpc) is 3.87. The van der Waals surface area contributed by atoms with Crippen LogP contribution in [-0.4, -0.2) is 87.6 Å². The lowest BCUT2D eigenvalue weighted by atomic mass is 9.97. The van der Waals surface area contributed by atoms with Gasteiger partial charge in [0.1, 0.15) is 31.1 Å². The van der Waals surface area contributed by atoms with Gasteiger partial charge in [-0.1, -0.05) is 51.7 Å². The van der Waals surface area contributed by atoms with E-state index in [0.29, 0.717) is 6.42 Å². The summed E-state index contributed by atoms with van der Waals surface area (Å²) in [4.78, 5) is 21.7. The highest BCUT2D eigenvalue weighted by atomic mass is 19.1. The predicted molar refractivity (Wildman–Crippen MR) is 195 cm³/mol. The standard InChI is InChI=1S/C28H34F3N3O2.C4H8O.C3H8O.C2H6.CH4O/c1-3-25-27(23(14-19(2)31)15-21(16-29)17-30)36-28(35)34(25)18-24-22(7-4-6-20-8-9-20)10-11-26(32-24)33-12-5-13-33;1-3-4-5-2;1-3-4-2;2*1-2/h4,7,10-11,14-15,20,25,27H,2-3,5-6,8-9,12-13,16-18H2,1H3;3-4H,1-2H3;3H2,1-2H3;1-2H3;2H,1H3/b7-4+,23-14+;4-3+;;;. The van der Waals surface area contributed by atoms with Crippen LogP contribution in [-0.2, 0) is 20.8 Å². The number of aromatic nitrogens is 1. The van der Waals surface area contributed by atoms with E-state index in [4.69, 9.17) is 14.8 Å². The SMILES string of the molecule is C/C=C/OC.C=C(F)/C=C(\C=C(CF)CF)C1OC(=O)N(Cc2nc(N3CCC3)ccc2/C=C/CC2CC2)C1CC.CC.CCOC.CO. The number of nitrogens with zero attached hydrogens (tertiary/aromatic N) is 3. The smallest absolute Gasteiger partial charge is 0.411 e. The van der Waals surface area contributed by atoms with Crippen LogP contribution in [0.4, 0.5) is 23.8 Å². The molecule has 1 N–H and O–H groups in total. The van der Waals surface area contributed by atoms with Crippen LogP contribution in [0.5, 0.6) is 0 Å². The quantitative estimate of drug-likeness (QED) is 0.154. The number of anilines is 1. The highest BCUT2D eigenvalue weighted by Gasteiger charge is 2.42. The van der Waals surface area contributed by atoms with E-state index in [1.807, 2.05) is 52.8 Å². The number of carbonyl (C=O) groups is 1. The van der Waals surface area contributed by atoms with E-state index in [1.54, 1.807) is 25.4 Å². The van der Waals surface area contributed by atoms with Crippen LogP contribution in [0.25, 0.3) is 6.08 Å². The average molecular weight is 696 g/mol. The Morgan fingerprint density at radius 1 is 1.12 bits per heavy atom. The molecule has 1 saturated carbocycles. The van der Waals surface area contributed by atoms with E-state index in [0.717, 1.165) is 68.7 Å². The number of hydrogen-bond acceptors (Lipinski definition) is 7. The number of amides is 1. The summed E-state index contributed by atoms with van der Waals surface area (Å²) >= 11 is 0. The highest BCUT2D eigenvalue weighted by molar-refractivity contribution is 5.72. The summed E-state index contributed by atoms with van der Waals surface area (Å²) < 4.78 is 54.9. The lowest BCUT2D eigenvalue weighted by Gasteiger charge is -2.32. The highest BCUT2D eigenvalue weighted by Crippen LogP contribution is 2.34. The van der Waals surface area contributed by atoms with Gasteiger partial charge in [0.2, 0.25) is 0 Å². The summed E-state index contributed by atoms with van der Waals surface area (Å²) in [6.07, 6.45) is 13.7. The Balaban J connectivity index is 0.00000154. The molecule has 0 radical (unpaired) electrons.